The van der Waals surface area contributed by atoms with Gasteiger partial charge in [0.1, 0.15) is 11.4 Å². The lowest BCUT2D eigenvalue weighted by Gasteiger charge is -2.10. The van der Waals surface area contributed by atoms with E-state index in [1.54, 1.807) is 0 Å². The molecule has 0 radical (unpaired) electrons. The molecule has 0 unspecified atom stereocenters. The van der Waals surface area contributed by atoms with Gasteiger partial charge in [0.2, 0.25) is 5.91 Å². The van der Waals surface area contributed by atoms with Gasteiger partial charge in [-0.05, 0) is 56.0 Å². The van der Waals surface area contributed by atoms with Crippen LogP contribution in [0.25, 0.3) is 21.3 Å². The van der Waals surface area contributed by atoms with Crippen LogP contribution >= 0.6 is 11.3 Å². The van der Waals surface area contributed by atoms with Gasteiger partial charge in [0.15, 0.2) is 0 Å². The number of nitrogens with zero attached hydrogens (tertiary/aromatic N) is 2. The van der Waals surface area contributed by atoms with Crippen molar-refractivity contribution in [2.24, 2.45) is 0 Å². The third-order valence-electron chi connectivity index (χ3n) is 5.38. The van der Waals surface area contributed by atoms with Crippen LogP contribution in [0.5, 0.6) is 0 Å². The zero-order valence-corrected chi connectivity index (χ0v) is 18.3. The number of anilines is 1. The number of rotatable bonds is 4. The van der Waals surface area contributed by atoms with Crippen LogP contribution in [0.15, 0.2) is 53.6 Å². The van der Waals surface area contributed by atoms with Gasteiger partial charge in [-0.3, -0.25) is 14.2 Å². The topological polar surface area (TPSA) is 64.0 Å². The highest BCUT2D eigenvalue weighted by Crippen LogP contribution is 2.36. The molecule has 0 saturated heterocycles. The first kappa shape index (κ1) is 20.0. The molecule has 1 N–H and O–H groups in total. The molecule has 152 valence electrons. The maximum atomic E-state index is 13.3. The number of nitrogens with one attached hydrogen (secondary N) is 1. The smallest absolute Gasteiger partial charge is 0.263 e. The number of carbonyl (C=O) groups is 1. The van der Waals surface area contributed by atoms with Crippen molar-refractivity contribution in [3.63, 3.8) is 0 Å². The number of aromatic nitrogens is 2. The third kappa shape index (κ3) is 3.66. The van der Waals surface area contributed by atoms with Gasteiger partial charge < -0.3 is 5.32 Å². The summed E-state index contributed by atoms with van der Waals surface area (Å²) in [6, 6.07) is 13.8. The van der Waals surface area contributed by atoms with Crippen LogP contribution in [-0.4, -0.2) is 15.5 Å². The number of aryl methyl sites for hydroxylation is 4. The van der Waals surface area contributed by atoms with E-state index < -0.39 is 0 Å². The summed E-state index contributed by atoms with van der Waals surface area (Å²) < 4.78 is 1.38. The minimum absolute atomic E-state index is 0.0859. The maximum absolute atomic E-state index is 13.3. The minimum Gasteiger partial charge on any atom is -0.324 e. The predicted octanol–water partition coefficient (Wildman–Crippen LogP) is 5.00. The molecule has 0 aliphatic heterocycles. The molecule has 1 amide bonds. The number of hydrogen-bond acceptors (Lipinski definition) is 4. The molecule has 2 aromatic heterocycles. The Bertz CT molecular complexity index is 1330. The zero-order chi connectivity index (χ0) is 21.4. The number of carbonyl (C=O) groups excluding carboxylic acids is 1. The highest BCUT2D eigenvalue weighted by atomic mass is 32.1. The van der Waals surface area contributed by atoms with Crippen LogP contribution < -0.4 is 10.9 Å². The van der Waals surface area contributed by atoms with Crippen LogP contribution in [0.3, 0.4) is 0 Å². The molecule has 4 aromatic rings. The van der Waals surface area contributed by atoms with Gasteiger partial charge in [0.05, 0.1) is 11.7 Å². The van der Waals surface area contributed by atoms with Gasteiger partial charge in [-0.1, -0.05) is 36.4 Å². The number of fused-ring (bicyclic) bond motifs is 1. The molecule has 2 aromatic carbocycles. The second kappa shape index (κ2) is 7.88. The van der Waals surface area contributed by atoms with Gasteiger partial charge >= 0.3 is 0 Å². The molecule has 2 heterocycles. The quantitative estimate of drug-likeness (QED) is 0.508. The number of para-hydroxylation sites is 1. The van der Waals surface area contributed by atoms with E-state index in [0.717, 1.165) is 27.3 Å². The van der Waals surface area contributed by atoms with Crippen molar-refractivity contribution >= 4 is 33.1 Å². The molecule has 0 fully saturated rings. The molecule has 0 atom stereocenters. The van der Waals surface area contributed by atoms with Crippen LogP contribution in [0.1, 0.15) is 21.6 Å². The van der Waals surface area contributed by atoms with E-state index in [1.165, 1.54) is 33.4 Å². The fourth-order valence-corrected chi connectivity index (χ4v) is 4.56. The van der Waals surface area contributed by atoms with E-state index in [4.69, 9.17) is 0 Å². The molecule has 0 aliphatic carbocycles. The van der Waals surface area contributed by atoms with Crippen molar-refractivity contribution < 1.29 is 4.79 Å². The van der Waals surface area contributed by atoms with E-state index >= 15 is 0 Å². The van der Waals surface area contributed by atoms with Crippen molar-refractivity contribution in [1.29, 1.82) is 0 Å². The Morgan fingerprint density at radius 1 is 1.03 bits per heavy atom. The second-order valence-corrected chi connectivity index (χ2v) is 8.76. The first-order valence-corrected chi connectivity index (χ1v) is 10.6. The lowest BCUT2D eigenvalue weighted by Crippen LogP contribution is -2.28. The normalized spacial score (nSPS) is 11.1. The molecule has 0 spiro atoms. The molecule has 0 saturated carbocycles. The lowest BCUT2D eigenvalue weighted by molar-refractivity contribution is -0.116. The van der Waals surface area contributed by atoms with Crippen molar-refractivity contribution in [2.45, 2.75) is 34.2 Å². The molecule has 30 heavy (non-hydrogen) atoms. The molecule has 5 nitrogen and oxygen atoms in total. The SMILES string of the molecule is Cc1ccc(-c2c(C)sc3ncn(CC(=O)Nc4ccccc4C)c(=O)c23)cc1C. The van der Waals surface area contributed by atoms with Crippen molar-refractivity contribution in [1.82, 2.24) is 9.55 Å². The van der Waals surface area contributed by atoms with Crippen molar-refractivity contribution in [3.8, 4) is 11.1 Å². The summed E-state index contributed by atoms with van der Waals surface area (Å²) in [5, 5.41) is 3.45. The van der Waals surface area contributed by atoms with Crippen LogP contribution in [0.2, 0.25) is 0 Å². The minimum atomic E-state index is -0.257. The summed E-state index contributed by atoms with van der Waals surface area (Å²) >= 11 is 1.50. The number of benzene rings is 2. The Morgan fingerprint density at radius 3 is 2.53 bits per heavy atom. The van der Waals surface area contributed by atoms with E-state index in [9.17, 15) is 9.59 Å². The summed E-state index contributed by atoms with van der Waals surface area (Å²) in [6.45, 7) is 7.98. The van der Waals surface area contributed by atoms with E-state index in [2.05, 4.69) is 36.3 Å². The van der Waals surface area contributed by atoms with Crippen LogP contribution in [0, 0.1) is 27.7 Å². The number of thiophene rings is 1. The first-order valence-electron chi connectivity index (χ1n) is 9.77. The van der Waals surface area contributed by atoms with E-state index in [1.807, 2.05) is 44.2 Å². The third-order valence-corrected chi connectivity index (χ3v) is 6.40. The second-order valence-electron chi connectivity index (χ2n) is 7.55. The summed E-state index contributed by atoms with van der Waals surface area (Å²) in [5.74, 6) is -0.257. The van der Waals surface area contributed by atoms with Crippen molar-refractivity contribution in [2.75, 3.05) is 5.32 Å². The van der Waals surface area contributed by atoms with Crippen molar-refractivity contribution in [3.05, 3.63) is 80.7 Å². The van der Waals surface area contributed by atoms with Crippen LogP contribution in [0.4, 0.5) is 5.69 Å². The average molecular weight is 418 g/mol. The Balaban J connectivity index is 1.73. The monoisotopic (exact) mass is 417 g/mol. The molecule has 6 heteroatoms. The molecular formula is C24H23N3O2S. The highest BCUT2D eigenvalue weighted by molar-refractivity contribution is 7.19. The zero-order valence-electron chi connectivity index (χ0n) is 17.4. The Labute approximate surface area is 179 Å². The lowest BCUT2D eigenvalue weighted by atomic mass is 9.99. The standard InChI is InChI=1S/C24H23N3O2S/c1-14-9-10-18(11-16(14)3)21-17(4)30-23-22(21)24(29)27(13-25-23)12-20(28)26-19-8-6-5-7-15(19)2/h5-11,13H,12H2,1-4H3,(H,26,28). The number of amides is 1. The summed E-state index contributed by atoms with van der Waals surface area (Å²) in [4.78, 5) is 32.1. The molecular weight excluding hydrogens is 394 g/mol. The van der Waals surface area contributed by atoms with Gasteiger partial charge in [0, 0.05) is 16.1 Å². The Hall–Kier alpha value is -3.25. The van der Waals surface area contributed by atoms with E-state index in [-0.39, 0.29) is 18.0 Å². The molecule has 4 rings (SSSR count). The summed E-state index contributed by atoms with van der Waals surface area (Å²) in [5.41, 5.74) is 5.81. The Morgan fingerprint density at radius 2 is 1.80 bits per heavy atom. The summed E-state index contributed by atoms with van der Waals surface area (Å²) in [7, 11) is 0. The first-order chi connectivity index (χ1) is 14.3. The fraction of sp³-hybridized carbons (Fsp3) is 0.208. The van der Waals surface area contributed by atoms with E-state index in [0.29, 0.717) is 10.2 Å². The predicted molar refractivity (Wildman–Crippen MR) is 123 cm³/mol. The molecule has 0 aliphatic rings. The largest absolute Gasteiger partial charge is 0.324 e. The molecule has 0 bridgehead atoms. The number of hydrogen-bond donors (Lipinski definition) is 1. The van der Waals surface area contributed by atoms with Gasteiger partial charge in [-0.15, -0.1) is 11.3 Å². The van der Waals surface area contributed by atoms with Gasteiger partial charge in [-0.25, -0.2) is 4.98 Å². The van der Waals surface area contributed by atoms with Gasteiger partial charge in [0.25, 0.3) is 5.56 Å². The fourth-order valence-electron chi connectivity index (χ4n) is 3.55. The Kier molecular flexibility index (Phi) is 5.26. The summed E-state index contributed by atoms with van der Waals surface area (Å²) in [6.07, 6.45) is 1.46. The van der Waals surface area contributed by atoms with Gasteiger partial charge in [-0.2, -0.15) is 0 Å². The highest BCUT2D eigenvalue weighted by Gasteiger charge is 2.18. The average Bonchev–Trinajstić information content (AvgIpc) is 3.05. The van der Waals surface area contributed by atoms with Crippen LogP contribution in [-0.2, 0) is 11.3 Å². The maximum Gasteiger partial charge on any atom is 0.263 e.